The second-order valence-corrected chi connectivity index (χ2v) is 10.8. The number of amides is 2. The molecule has 0 aliphatic carbocycles. The Morgan fingerprint density at radius 3 is 1.20 bits per heavy atom. The van der Waals surface area contributed by atoms with Gasteiger partial charge in [-0.25, -0.2) is 9.59 Å². The first kappa shape index (κ1) is 28.8. The van der Waals surface area contributed by atoms with Gasteiger partial charge in [-0.3, -0.25) is 0 Å². The lowest BCUT2D eigenvalue weighted by atomic mass is 9.75. The summed E-state index contributed by atoms with van der Waals surface area (Å²) in [6.07, 6.45) is -0.349. The van der Waals surface area contributed by atoms with E-state index in [0.29, 0.717) is 24.0 Å². The number of carboxylic acids is 2. The first-order valence-electron chi connectivity index (χ1n) is 13.2. The van der Waals surface area contributed by atoms with E-state index >= 15 is 0 Å². The van der Waals surface area contributed by atoms with Gasteiger partial charge in [0.15, 0.2) is 0 Å². The van der Waals surface area contributed by atoms with Crippen LogP contribution in [0.5, 0.6) is 0 Å². The first-order chi connectivity index (χ1) is 19.2. The maximum atomic E-state index is 11.7. The number of benzene rings is 2. The minimum atomic E-state index is -2.19. The lowest BCUT2D eigenvalue weighted by molar-refractivity contribution is -0.747. The van der Waals surface area contributed by atoms with Gasteiger partial charge in [0.1, 0.15) is 24.0 Å². The van der Waals surface area contributed by atoms with Gasteiger partial charge in [-0.15, -0.1) is 0 Å². The molecule has 4 fully saturated rings. The second kappa shape index (κ2) is 12.8. The van der Waals surface area contributed by atoms with Crippen LogP contribution in [0.3, 0.4) is 0 Å². The number of hydrogen-bond donors (Lipinski definition) is 2. The predicted molar refractivity (Wildman–Crippen MR) is 135 cm³/mol. The van der Waals surface area contributed by atoms with Crippen molar-refractivity contribution in [3.8, 4) is 0 Å². The van der Waals surface area contributed by atoms with E-state index in [1.807, 2.05) is 60.7 Å². The van der Waals surface area contributed by atoms with E-state index in [-0.39, 0.29) is 12.2 Å². The normalized spacial score (nSPS) is 18.6. The molecule has 2 aromatic carbocycles. The minimum Gasteiger partial charge on any atom is -0.543 e. The second-order valence-electron chi connectivity index (χ2n) is 10.8. The highest BCUT2D eigenvalue weighted by molar-refractivity contribution is 6.25. The molecule has 4 aliphatic rings. The summed E-state index contributed by atoms with van der Waals surface area (Å²) in [6, 6.07) is 19.6. The van der Waals surface area contributed by atoms with Crippen molar-refractivity contribution in [2.45, 2.75) is 13.2 Å². The Kier molecular flexibility index (Phi) is 9.22. The topological polar surface area (TPSA) is 173 Å². The van der Waals surface area contributed by atoms with Gasteiger partial charge in [0.05, 0.1) is 38.1 Å². The van der Waals surface area contributed by atoms with E-state index in [2.05, 4.69) is 10.6 Å². The Balaban J connectivity index is 0.000000155. The number of nitrogens with two attached hydrogens (primary N) is 2. The molecule has 2 spiro atoms. The van der Waals surface area contributed by atoms with Crippen molar-refractivity contribution in [2.24, 2.45) is 10.8 Å². The maximum absolute atomic E-state index is 11.7. The van der Waals surface area contributed by atoms with Gasteiger partial charge in [-0.1, -0.05) is 60.7 Å². The molecule has 4 N–H and O–H groups in total. The maximum Gasteiger partial charge on any atom is 0.410 e. The van der Waals surface area contributed by atoms with Crippen molar-refractivity contribution < 1.29 is 49.5 Å². The van der Waals surface area contributed by atoms with Crippen LogP contribution in [0, 0.1) is 10.8 Å². The molecular formula is C28H34N4O8. The molecule has 40 heavy (non-hydrogen) atoms. The molecule has 4 saturated heterocycles. The van der Waals surface area contributed by atoms with Crippen LogP contribution >= 0.6 is 0 Å². The Bertz CT molecular complexity index is 1080. The number of aliphatic carboxylic acids is 2. The molecule has 0 unspecified atom stereocenters. The van der Waals surface area contributed by atoms with Crippen molar-refractivity contribution in [3.63, 3.8) is 0 Å². The average Bonchev–Trinajstić information content (AvgIpc) is 2.85. The van der Waals surface area contributed by atoms with Crippen molar-refractivity contribution in [1.29, 1.82) is 0 Å². The molecule has 214 valence electrons. The third kappa shape index (κ3) is 7.48. The predicted octanol–water partition coefficient (Wildman–Crippen LogP) is -3.11. The van der Waals surface area contributed by atoms with E-state index in [0.717, 1.165) is 63.5 Å². The molecule has 0 bridgehead atoms. The van der Waals surface area contributed by atoms with E-state index in [1.54, 1.807) is 9.80 Å². The van der Waals surface area contributed by atoms with Gasteiger partial charge in [0.25, 0.3) is 0 Å². The first-order valence-corrected chi connectivity index (χ1v) is 13.2. The highest BCUT2D eigenvalue weighted by atomic mass is 16.6. The summed E-state index contributed by atoms with van der Waals surface area (Å²) >= 11 is 0. The fourth-order valence-corrected chi connectivity index (χ4v) is 5.03. The monoisotopic (exact) mass is 554 g/mol. The highest BCUT2D eigenvalue weighted by Crippen LogP contribution is 2.31. The van der Waals surface area contributed by atoms with Crippen molar-refractivity contribution in [1.82, 2.24) is 9.80 Å². The summed E-state index contributed by atoms with van der Waals surface area (Å²) in [5, 5.41) is 22.4. The molecule has 4 heterocycles. The lowest BCUT2D eigenvalue weighted by Gasteiger charge is -2.51. The summed E-state index contributed by atoms with van der Waals surface area (Å²) in [6.45, 7) is 8.88. The average molecular weight is 555 g/mol. The molecule has 6 rings (SSSR count). The van der Waals surface area contributed by atoms with Crippen LogP contribution in [-0.2, 0) is 32.3 Å². The Hall–Kier alpha value is -4.16. The Morgan fingerprint density at radius 1 is 0.625 bits per heavy atom. The Morgan fingerprint density at radius 2 is 0.950 bits per heavy atom. The summed E-state index contributed by atoms with van der Waals surface area (Å²) in [5.41, 5.74) is 2.92. The molecule has 0 aromatic heterocycles. The van der Waals surface area contributed by atoms with Crippen molar-refractivity contribution in [2.75, 3.05) is 52.4 Å². The van der Waals surface area contributed by atoms with Gasteiger partial charge < -0.3 is 49.7 Å². The van der Waals surface area contributed by atoms with E-state index < -0.39 is 11.9 Å². The fraction of sp³-hybridized carbons (Fsp3) is 0.429. The minimum absolute atomic E-state index is 0.175. The molecule has 0 saturated carbocycles. The van der Waals surface area contributed by atoms with E-state index in [1.165, 1.54) is 0 Å². The number of rotatable bonds is 4. The largest absolute Gasteiger partial charge is 0.543 e. The summed E-state index contributed by atoms with van der Waals surface area (Å²) in [7, 11) is 0. The van der Waals surface area contributed by atoms with Crippen LogP contribution in [0.4, 0.5) is 9.59 Å². The molecule has 0 radical (unpaired) electrons. The molecule has 0 atom stereocenters. The number of hydrogen-bond acceptors (Lipinski definition) is 8. The van der Waals surface area contributed by atoms with Crippen LogP contribution in [0.1, 0.15) is 11.1 Å². The van der Waals surface area contributed by atoms with Gasteiger partial charge >= 0.3 is 12.2 Å². The van der Waals surface area contributed by atoms with Crippen molar-refractivity contribution in [3.05, 3.63) is 71.8 Å². The zero-order valence-corrected chi connectivity index (χ0v) is 22.2. The standard InChI is InChI=1S/2C13H16N2O2.C2H2O4/c2*16-12(15-9-13(10-15)7-14-8-13)17-6-11-4-2-1-3-5-11;3-1(4)2(5)6/h2*1-5,14H,6-10H2;(H,3,4)(H,5,6). The van der Waals surface area contributed by atoms with Gasteiger partial charge in [0.2, 0.25) is 0 Å². The third-order valence-corrected chi connectivity index (χ3v) is 7.51. The quantitative estimate of drug-likeness (QED) is 0.374. The molecular weight excluding hydrogens is 520 g/mol. The SMILES string of the molecule is O=C(OCc1ccccc1)N1CC2(C[NH2+]C2)C1.O=C(OCc1ccccc1)N1CC2(C[NH2+]C2)C1.O=C([O-])C(=O)[O-]. The summed E-state index contributed by atoms with van der Waals surface area (Å²) in [5.74, 6) is -4.37. The van der Waals surface area contributed by atoms with Crippen molar-refractivity contribution >= 4 is 24.1 Å². The van der Waals surface area contributed by atoms with Gasteiger partial charge in [-0.2, -0.15) is 0 Å². The molecule has 12 heteroatoms. The van der Waals surface area contributed by atoms with Crippen LogP contribution < -0.4 is 20.8 Å². The molecule has 2 aromatic rings. The Labute approximate surface area is 231 Å². The number of carbonyl (C=O) groups excluding carboxylic acids is 4. The molecule has 12 nitrogen and oxygen atoms in total. The summed E-state index contributed by atoms with van der Waals surface area (Å²) < 4.78 is 10.5. The number of carboxylic acid groups (broad SMARTS) is 2. The van der Waals surface area contributed by atoms with E-state index in [4.69, 9.17) is 29.3 Å². The van der Waals surface area contributed by atoms with Gasteiger partial charge in [0, 0.05) is 26.2 Å². The number of likely N-dealkylation sites (tertiary alicyclic amines) is 2. The van der Waals surface area contributed by atoms with Gasteiger partial charge in [-0.05, 0) is 11.1 Å². The van der Waals surface area contributed by atoms with Crippen LogP contribution in [0.25, 0.3) is 0 Å². The van der Waals surface area contributed by atoms with Crippen LogP contribution in [0.15, 0.2) is 60.7 Å². The summed E-state index contributed by atoms with van der Waals surface area (Å²) in [4.78, 5) is 44.9. The number of carbonyl (C=O) groups is 4. The third-order valence-electron chi connectivity index (χ3n) is 7.51. The highest BCUT2D eigenvalue weighted by Gasteiger charge is 2.54. The smallest absolute Gasteiger partial charge is 0.410 e. The number of nitrogens with zero attached hydrogens (tertiary/aromatic N) is 2. The lowest BCUT2D eigenvalue weighted by Crippen LogP contribution is -3.04. The van der Waals surface area contributed by atoms with Crippen LogP contribution in [0.2, 0.25) is 0 Å². The van der Waals surface area contributed by atoms with E-state index in [9.17, 15) is 9.59 Å². The zero-order valence-electron chi connectivity index (χ0n) is 22.2. The van der Waals surface area contributed by atoms with Crippen LogP contribution in [-0.4, -0.2) is 86.3 Å². The molecule has 2 amide bonds. The fourth-order valence-electron chi connectivity index (χ4n) is 5.03. The zero-order chi connectivity index (χ0) is 28.6. The molecule has 4 aliphatic heterocycles. The number of quaternary nitrogens is 2. The number of ether oxygens (including phenoxy) is 2.